The van der Waals surface area contributed by atoms with Gasteiger partial charge in [0.2, 0.25) is 9.62 Å². The molecule has 2 heterocycles. The molecule has 0 aliphatic carbocycles. The van der Waals surface area contributed by atoms with Crippen molar-refractivity contribution in [2.45, 2.75) is 10.9 Å². The first-order chi connectivity index (χ1) is 10.8. The number of aromatic nitrogens is 3. The van der Waals surface area contributed by atoms with Crippen LogP contribution in [0.3, 0.4) is 0 Å². The van der Waals surface area contributed by atoms with Gasteiger partial charge in [-0.3, -0.25) is 0 Å². The third kappa shape index (κ3) is 3.73. The van der Waals surface area contributed by atoms with E-state index in [2.05, 4.69) is 19.7 Å². The molecule has 3 aromatic rings. The van der Waals surface area contributed by atoms with Gasteiger partial charge in [-0.15, -0.1) is 0 Å². The van der Waals surface area contributed by atoms with Crippen molar-refractivity contribution < 1.29 is 8.42 Å². The van der Waals surface area contributed by atoms with Crippen molar-refractivity contribution >= 4 is 66.5 Å². The van der Waals surface area contributed by atoms with Crippen LogP contribution in [0.25, 0.3) is 10.3 Å². The molecule has 0 spiro atoms. The molecule has 2 aromatic heterocycles. The summed E-state index contributed by atoms with van der Waals surface area (Å²) in [6.45, 7) is 0.107. The molecule has 0 fully saturated rings. The van der Waals surface area contributed by atoms with E-state index in [9.17, 15) is 8.42 Å². The Morgan fingerprint density at radius 3 is 2.43 bits per heavy atom. The zero-order valence-electron chi connectivity index (χ0n) is 11.1. The second-order valence-corrected chi connectivity index (χ2v) is 8.44. The second kappa shape index (κ2) is 6.46. The monoisotopic (exact) mass is 408 g/mol. The van der Waals surface area contributed by atoms with E-state index in [0.29, 0.717) is 9.72 Å². The summed E-state index contributed by atoms with van der Waals surface area (Å²) < 4.78 is 27.3. The first-order valence-electron chi connectivity index (χ1n) is 6.09. The SMILES string of the molecule is O=S(=O)(NCc1ccc(Cl)cc1)c1nc2nc(Cl)nc(Cl)c2s1. The van der Waals surface area contributed by atoms with Gasteiger partial charge in [-0.05, 0) is 29.3 Å². The van der Waals surface area contributed by atoms with Crippen LogP contribution in [0.15, 0.2) is 28.6 Å². The number of thiazole rings is 1. The topological polar surface area (TPSA) is 84.8 Å². The molecule has 1 aromatic carbocycles. The Hall–Kier alpha value is -1.03. The van der Waals surface area contributed by atoms with Crippen LogP contribution in [-0.4, -0.2) is 23.4 Å². The Bertz CT molecular complexity index is 974. The first kappa shape index (κ1) is 16.8. The lowest BCUT2D eigenvalue weighted by Gasteiger charge is -2.04. The van der Waals surface area contributed by atoms with Crippen molar-refractivity contribution in [2.75, 3.05) is 0 Å². The zero-order valence-corrected chi connectivity index (χ0v) is 15.0. The molecule has 0 bridgehead atoms. The Morgan fingerprint density at radius 2 is 1.74 bits per heavy atom. The Morgan fingerprint density at radius 1 is 1.04 bits per heavy atom. The molecule has 6 nitrogen and oxygen atoms in total. The van der Waals surface area contributed by atoms with Crippen LogP contribution < -0.4 is 4.72 Å². The van der Waals surface area contributed by atoms with Crippen LogP contribution >= 0.6 is 46.1 Å². The van der Waals surface area contributed by atoms with Gasteiger partial charge in [0.15, 0.2) is 10.8 Å². The van der Waals surface area contributed by atoms with E-state index >= 15 is 0 Å². The molecule has 0 radical (unpaired) electrons. The molecule has 0 aliphatic rings. The molecule has 0 unspecified atom stereocenters. The van der Waals surface area contributed by atoms with Crippen molar-refractivity contribution in [2.24, 2.45) is 0 Å². The van der Waals surface area contributed by atoms with Crippen LogP contribution in [0.2, 0.25) is 15.5 Å². The minimum atomic E-state index is -3.81. The minimum Gasteiger partial charge on any atom is -0.205 e. The van der Waals surface area contributed by atoms with Crippen molar-refractivity contribution in [1.82, 2.24) is 19.7 Å². The summed E-state index contributed by atoms with van der Waals surface area (Å²) in [5.41, 5.74) is 0.909. The third-order valence-electron chi connectivity index (χ3n) is 2.78. The summed E-state index contributed by atoms with van der Waals surface area (Å²) in [6.07, 6.45) is 0. The average molecular weight is 410 g/mol. The van der Waals surface area contributed by atoms with Crippen LogP contribution in [-0.2, 0) is 16.6 Å². The molecule has 0 amide bonds. The number of hydrogen-bond acceptors (Lipinski definition) is 6. The van der Waals surface area contributed by atoms with E-state index in [0.717, 1.165) is 16.9 Å². The number of rotatable bonds is 4. The predicted molar refractivity (Wildman–Crippen MR) is 90.7 cm³/mol. The molecule has 3 rings (SSSR count). The molecule has 0 saturated heterocycles. The highest BCUT2D eigenvalue weighted by molar-refractivity contribution is 7.91. The lowest BCUT2D eigenvalue weighted by Crippen LogP contribution is -2.23. The van der Waals surface area contributed by atoms with E-state index in [1.807, 2.05) is 0 Å². The van der Waals surface area contributed by atoms with E-state index in [1.165, 1.54) is 0 Å². The van der Waals surface area contributed by atoms with Gasteiger partial charge in [-0.1, -0.05) is 46.7 Å². The average Bonchev–Trinajstić information content (AvgIpc) is 2.92. The Balaban J connectivity index is 1.87. The predicted octanol–water partition coefficient (Wildman–Crippen LogP) is 3.53. The van der Waals surface area contributed by atoms with Gasteiger partial charge in [0, 0.05) is 11.6 Å². The third-order valence-corrected chi connectivity index (χ3v) is 6.41. The summed E-state index contributed by atoms with van der Waals surface area (Å²) in [7, 11) is -3.81. The largest absolute Gasteiger partial charge is 0.268 e. The van der Waals surface area contributed by atoms with Crippen molar-refractivity contribution in [3.8, 4) is 0 Å². The number of halogens is 3. The number of hydrogen-bond donors (Lipinski definition) is 1. The van der Waals surface area contributed by atoms with E-state index < -0.39 is 10.0 Å². The van der Waals surface area contributed by atoms with Crippen molar-refractivity contribution in [3.05, 3.63) is 45.3 Å². The quantitative estimate of drug-likeness (QED) is 0.526. The number of fused-ring (bicyclic) bond motifs is 1. The first-order valence-corrected chi connectivity index (χ1v) is 9.52. The van der Waals surface area contributed by atoms with Crippen LogP contribution in [0, 0.1) is 0 Å². The molecule has 120 valence electrons. The Labute approximate surface area is 150 Å². The fourth-order valence-corrected chi connectivity index (χ4v) is 4.49. The minimum absolute atomic E-state index is 0.0663. The summed E-state index contributed by atoms with van der Waals surface area (Å²) in [4.78, 5) is 11.6. The highest BCUT2D eigenvalue weighted by atomic mass is 35.5. The zero-order chi connectivity index (χ0) is 16.6. The highest BCUT2D eigenvalue weighted by Gasteiger charge is 2.21. The maximum atomic E-state index is 12.3. The lowest BCUT2D eigenvalue weighted by atomic mass is 10.2. The fraction of sp³-hybridized carbons (Fsp3) is 0.0833. The second-order valence-electron chi connectivity index (χ2n) is 4.37. The van der Waals surface area contributed by atoms with Gasteiger partial charge in [-0.25, -0.2) is 23.1 Å². The van der Waals surface area contributed by atoms with Gasteiger partial charge >= 0.3 is 0 Å². The number of sulfonamides is 1. The maximum Gasteiger partial charge on any atom is 0.268 e. The molecule has 11 heteroatoms. The molecular formula is C12H7Cl3N4O2S2. The van der Waals surface area contributed by atoms with Crippen LogP contribution in [0.5, 0.6) is 0 Å². The summed E-state index contributed by atoms with van der Waals surface area (Å²) in [5, 5.41) is 0.551. The molecular weight excluding hydrogens is 403 g/mol. The van der Waals surface area contributed by atoms with Gasteiger partial charge in [0.25, 0.3) is 10.0 Å². The van der Waals surface area contributed by atoms with Crippen LogP contribution in [0.1, 0.15) is 5.56 Å². The molecule has 23 heavy (non-hydrogen) atoms. The number of nitrogens with one attached hydrogen (secondary N) is 1. The van der Waals surface area contributed by atoms with E-state index in [4.69, 9.17) is 34.8 Å². The fourth-order valence-electron chi connectivity index (χ4n) is 1.70. The highest BCUT2D eigenvalue weighted by Crippen LogP contribution is 2.30. The van der Waals surface area contributed by atoms with Crippen molar-refractivity contribution in [3.63, 3.8) is 0 Å². The smallest absolute Gasteiger partial charge is 0.205 e. The van der Waals surface area contributed by atoms with Gasteiger partial charge in [0.05, 0.1) is 0 Å². The van der Waals surface area contributed by atoms with E-state index in [1.54, 1.807) is 24.3 Å². The lowest BCUT2D eigenvalue weighted by molar-refractivity contribution is 0.580. The Kier molecular flexibility index (Phi) is 4.73. The molecule has 1 N–H and O–H groups in total. The number of benzene rings is 1. The van der Waals surface area contributed by atoms with Gasteiger partial charge in [0.1, 0.15) is 4.70 Å². The van der Waals surface area contributed by atoms with Gasteiger partial charge in [-0.2, -0.15) is 4.98 Å². The molecule has 0 saturated carbocycles. The summed E-state index contributed by atoms with van der Waals surface area (Å²) >= 11 is 18.3. The maximum absolute atomic E-state index is 12.3. The van der Waals surface area contributed by atoms with Crippen LogP contribution in [0.4, 0.5) is 0 Å². The standard InChI is InChI=1S/C12H7Cl3N4O2S2/c13-7-3-1-6(2-4-7)5-16-23(20,21)12-19-10-8(22-12)9(14)17-11(15)18-10/h1-4,16H,5H2. The van der Waals surface area contributed by atoms with Crippen molar-refractivity contribution in [1.29, 1.82) is 0 Å². The summed E-state index contributed by atoms with van der Waals surface area (Å²) in [6, 6.07) is 6.82. The molecule has 0 atom stereocenters. The normalized spacial score (nSPS) is 12.0. The molecule has 0 aliphatic heterocycles. The van der Waals surface area contributed by atoms with Gasteiger partial charge < -0.3 is 0 Å². The number of nitrogens with zero attached hydrogens (tertiary/aromatic N) is 3. The summed E-state index contributed by atoms with van der Waals surface area (Å²) in [5.74, 6) is 0. The van der Waals surface area contributed by atoms with E-state index in [-0.39, 0.29) is 27.0 Å².